The molecule has 2 heterocycles. The predicted octanol–water partition coefficient (Wildman–Crippen LogP) is 1.21. The van der Waals surface area contributed by atoms with Gasteiger partial charge in [-0.25, -0.2) is 0 Å². The van der Waals surface area contributed by atoms with Crippen molar-refractivity contribution in [3.8, 4) is 0 Å². The third kappa shape index (κ3) is 4.18. The van der Waals surface area contributed by atoms with Crippen molar-refractivity contribution in [1.29, 1.82) is 0 Å². The van der Waals surface area contributed by atoms with E-state index in [0.717, 1.165) is 12.1 Å². The standard InChI is InChI=1S/C15H22N4O2/c1-15(2,3)17-13-8-12(9-16-10-13)14(21)19-6-4-18(11-20)5-7-19/h8-11,17H,4-7H2,1-3H3. The van der Waals surface area contributed by atoms with Gasteiger partial charge in [-0.15, -0.1) is 0 Å². The van der Waals surface area contributed by atoms with Gasteiger partial charge in [0.25, 0.3) is 5.91 Å². The van der Waals surface area contributed by atoms with Gasteiger partial charge in [0, 0.05) is 44.1 Å². The van der Waals surface area contributed by atoms with Gasteiger partial charge in [-0.2, -0.15) is 0 Å². The first-order valence-corrected chi connectivity index (χ1v) is 7.11. The van der Waals surface area contributed by atoms with E-state index in [1.165, 1.54) is 0 Å². The fourth-order valence-corrected chi connectivity index (χ4v) is 2.27. The topological polar surface area (TPSA) is 65.5 Å². The van der Waals surface area contributed by atoms with Crippen molar-refractivity contribution in [3.63, 3.8) is 0 Å². The van der Waals surface area contributed by atoms with Gasteiger partial charge in [0.05, 0.1) is 11.3 Å². The number of pyridine rings is 1. The van der Waals surface area contributed by atoms with Crippen LogP contribution in [0.15, 0.2) is 18.5 Å². The third-order valence-corrected chi connectivity index (χ3v) is 3.26. The molecule has 2 rings (SSSR count). The molecule has 0 unspecified atom stereocenters. The molecule has 0 aliphatic carbocycles. The summed E-state index contributed by atoms with van der Waals surface area (Å²) >= 11 is 0. The summed E-state index contributed by atoms with van der Waals surface area (Å²) in [6.07, 6.45) is 4.13. The quantitative estimate of drug-likeness (QED) is 0.850. The molecule has 0 aromatic carbocycles. The van der Waals surface area contributed by atoms with Gasteiger partial charge in [0.1, 0.15) is 0 Å². The molecule has 6 heteroatoms. The van der Waals surface area contributed by atoms with Crippen LogP contribution in [-0.4, -0.2) is 58.8 Å². The summed E-state index contributed by atoms with van der Waals surface area (Å²) in [5.41, 5.74) is 1.32. The van der Waals surface area contributed by atoms with Crippen molar-refractivity contribution < 1.29 is 9.59 Å². The molecule has 1 saturated heterocycles. The zero-order valence-electron chi connectivity index (χ0n) is 12.8. The van der Waals surface area contributed by atoms with Gasteiger partial charge in [0.2, 0.25) is 6.41 Å². The van der Waals surface area contributed by atoms with E-state index in [9.17, 15) is 9.59 Å². The van der Waals surface area contributed by atoms with E-state index < -0.39 is 0 Å². The predicted molar refractivity (Wildman–Crippen MR) is 81.2 cm³/mol. The second-order valence-electron chi connectivity index (χ2n) is 6.27. The minimum atomic E-state index is -0.0844. The number of nitrogens with one attached hydrogen (secondary N) is 1. The zero-order chi connectivity index (χ0) is 15.5. The molecule has 1 N–H and O–H groups in total. The highest BCUT2D eigenvalue weighted by molar-refractivity contribution is 5.94. The second kappa shape index (κ2) is 6.11. The summed E-state index contributed by atoms with van der Waals surface area (Å²) in [5, 5.41) is 3.31. The molecular formula is C15H22N4O2. The lowest BCUT2D eigenvalue weighted by molar-refractivity contribution is -0.119. The number of piperazine rings is 1. The maximum Gasteiger partial charge on any atom is 0.255 e. The molecule has 114 valence electrons. The minimum Gasteiger partial charge on any atom is -0.379 e. The number of rotatable bonds is 3. The first-order chi connectivity index (χ1) is 9.89. The summed E-state index contributed by atoms with van der Waals surface area (Å²) in [5.74, 6) is -0.0365. The van der Waals surface area contributed by atoms with Gasteiger partial charge in [0.15, 0.2) is 0 Å². The van der Waals surface area contributed by atoms with E-state index in [2.05, 4.69) is 31.1 Å². The minimum absolute atomic E-state index is 0.0365. The number of aromatic nitrogens is 1. The zero-order valence-corrected chi connectivity index (χ0v) is 12.8. The molecular weight excluding hydrogens is 268 g/mol. The lowest BCUT2D eigenvalue weighted by atomic mass is 10.1. The van der Waals surface area contributed by atoms with Crippen LogP contribution >= 0.6 is 0 Å². The highest BCUT2D eigenvalue weighted by Gasteiger charge is 2.22. The van der Waals surface area contributed by atoms with Crippen molar-refractivity contribution in [2.75, 3.05) is 31.5 Å². The normalized spacial score (nSPS) is 15.8. The molecule has 0 radical (unpaired) electrons. The SMILES string of the molecule is CC(C)(C)Nc1cncc(C(=O)N2CCN(C=O)CC2)c1. The van der Waals surface area contributed by atoms with Gasteiger partial charge >= 0.3 is 0 Å². The lowest BCUT2D eigenvalue weighted by Gasteiger charge is -2.32. The van der Waals surface area contributed by atoms with Crippen LogP contribution in [0.5, 0.6) is 0 Å². The number of anilines is 1. The Labute approximate surface area is 125 Å². The molecule has 0 spiro atoms. The number of nitrogens with zero attached hydrogens (tertiary/aromatic N) is 3. The number of amides is 2. The molecule has 0 atom stereocenters. The summed E-state index contributed by atoms with van der Waals surface area (Å²) in [4.78, 5) is 30.7. The molecule has 1 aromatic rings. The third-order valence-electron chi connectivity index (χ3n) is 3.26. The largest absolute Gasteiger partial charge is 0.379 e. The first-order valence-electron chi connectivity index (χ1n) is 7.11. The molecule has 21 heavy (non-hydrogen) atoms. The van der Waals surface area contributed by atoms with Crippen LogP contribution < -0.4 is 5.32 Å². The number of hydrogen-bond donors (Lipinski definition) is 1. The highest BCUT2D eigenvalue weighted by Crippen LogP contribution is 2.16. The van der Waals surface area contributed by atoms with Gasteiger partial charge in [-0.3, -0.25) is 14.6 Å². The Morgan fingerprint density at radius 2 is 1.90 bits per heavy atom. The monoisotopic (exact) mass is 290 g/mol. The molecule has 1 fully saturated rings. The molecule has 1 aliphatic rings. The maximum absolute atomic E-state index is 12.5. The Morgan fingerprint density at radius 1 is 1.24 bits per heavy atom. The van der Waals surface area contributed by atoms with Crippen LogP contribution in [-0.2, 0) is 4.79 Å². The first kappa shape index (κ1) is 15.3. The van der Waals surface area contributed by atoms with E-state index in [1.54, 1.807) is 22.2 Å². The fourth-order valence-electron chi connectivity index (χ4n) is 2.27. The highest BCUT2D eigenvalue weighted by atomic mass is 16.2. The number of hydrogen-bond acceptors (Lipinski definition) is 4. The van der Waals surface area contributed by atoms with E-state index in [0.29, 0.717) is 31.7 Å². The van der Waals surface area contributed by atoms with Crippen LogP contribution in [0.1, 0.15) is 31.1 Å². The summed E-state index contributed by atoms with van der Waals surface area (Å²) in [6.45, 7) is 8.47. The fraction of sp³-hybridized carbons (Fsp3) is 0.533. The van der Waals surface area contributed by atoms with Crippen molar-refractivity contribution in [2.24, 2.45) is 0 Å². The van der Waals surface area contributed by atoms with Crippen LogP contribution in [0.25, 0.3) is 0 Å². The van der Waals surface area contributed by atoms with E-state index in [4.69, 9.17) is 0 Å². The van der Waals surface area contributed by atoms with E-state index >= 15 is 0 Å². The average Bonchev–Trinajstić information content (AvgIpc) is 2.45. The van der Waals surface area contributed by atoms with E-state index in [1.807, 2.05) is 6.07 Å². The molecule has 1 aromatic heterocycles. The van der Waals surface area contributed by atoms with E-state index in [-0.39, 0.29) is 11.4 Å². The molecule has 0 saturated carbocycles. The summed E-state index contributed by atoms with van der Waals surface area (Å²) in [6, 6.07) is 1.83. The van der Waals surface area contributed by atoms with Crippen molar-refractivity contribution in [3.05, 3.63) is 24.0 Å². The Kier molecular flexibility index (Phi) is 4.45. The molecule has 2 amide bonds. The number of carbonyl (C=O) groups excluding carboxylic acids is 2. The van der Waals surface area contributed by atoms with Gasteiger partial charge in [-0.05, 0) is 26.8 Å². The van der Waals surface area contributed by atoms with Crippen LogP contribution in [0.4, 0.5) is 5.69 Å². The smallest absolute Gasteiger partial charge is 0.255 e. The Bertz CT molecular complexity index is 517. The molecule has 1 aliphatic heterocycles. The lowest BCUT2D eigenvalue weighted by Crippen LogP contribution is -2.48. The van der Waals surface area contributed by atoms with Crippen molar-refractivity contribution in [1.82, 2.24) is 14.8 Å². The average molecular weight is 290 g/mol. The number of carbonyl (C=O) groups is 2. The van der Waals surface area contributed by atoms with Crippen molar-refractivity contribution >= 4 is 18.0 Å². The summed E-state index contributed by atoms with van der Waals surface area (Å²) in [7, 11) is 0. The Balaban J connectivity index is 2.06. The Hall–Kier alpha value is -2.11. The van der Waals surface area contributed by atoms with Crippen molar-refractivity contribution in [2.45, 2.75) is 26.3 Å². The van der Waals surface area contributed by atoms with Crippen LogP contribution in [0.2, 0.25) is 0 Å². The van der Waals surface area contributed by atoms with Crippen LogP contribution in [0, 0.1) is 0 Å². The van der Waals surface area contributed by atoms with Crippen LogP contribution in [0.3, 0.4) is 0 Å². The van der Waals surface area contributed by atoms with Gasteiger partial charge < -0.3 is 15.1 Å². The molecule has 6 nitrogen and oxygen atoms in total. The maximum atomic E-state index is 12.5. The molecule has 0 bridgehead atoms. The van der Waals surface area contributed by atoms with Gasteiger partial charge in [-0.1, -0.05) is 0 Å². The summed E-state index contributed by atoms with van der Waals surface area (Å²) < 4.78 is 0. The second-order valence-corrected chi connectivity index (χ2v) is 6.27. The Morgan fingerprint density at radius 3 is 2.48 bits per heavy atom.